The number of aliphatic hydroxyl groups is 1. The maximum absolute atomic E-state index is 15.0. The van der Waals surface area contributed by atoms with Crippen LogP contribution in [0.1, 0.15) is 16.7 Å². The molecule has 0 saturated carbocycles. The highest BCUT2D eigenvalue weighted by molar-refractivity contribution is 5.77. The molecule has 1 aliphatic rings. The standard InChI is InChI=1S/C28H28F2O7/c29-27(30,26(31)32)28(33)25(36-18-22-14-8-3-9-15-22)24(35-17-21-12-6-2-7-13-21)23(37-28)19-34-16-20-10-4-1-5-11-20/h1-15,23-25,33H,16-19H2,(H,31,32)/t23-,24-,25+,28?/m1/s1. The molecular weight excluding hydrogens is 486 g/mol. The quantitative estimate of drug-likeness (QED) is 0.375. The Morgan fingerprint density at radius 3 is 1.76 bits per heavy atom. The van der Waals surface area contributed by atoms with Gasteiger partial charge in [0.1, 0.15) is 18.3 Å². The first-order chi connectivity index (χ1) is 17.8. The number of rotatable bonds is 12. The highest BCUT2D eigenvalue weighted by Crippen LogP contribution is 2.44. The van der Waals surface area contributed by atoms with Crippen LogP contribution in [-0.2, 0) is 43.6 Å². The van der Waals surface area contributed by atoms with Gasteiger partial charge in [-0.25, -0.2) is 4.79 Å². The molecule has 0 aliphatic carbocycles. The highest BCUT2D eigenvalue weighted by atomic mass is 19.3. The van der Waals surface area contributed by atoms with Crippen molar-refractivity contribution in [2.24, 2.45) is 0 Å². The first-order valence-corrected chi connectivity index (χ1v) is 11.8. The third kappa shape index (κ3) is 6.20. The van der Waals surface area contributed by atoms with Gasteiger partial charge in [-0.15, -0.1) is 0 Å². The van der Waals surface area contributed by atoms with E-state index in [1.807, 2.05) is 36.4 Å². The predicted molar refractivity (Wildman–Crippen MR) is 129 cm³/mol. The van der Waals surface area contributed by atoms with E-state index < -0.39 is 36.0 Å². The van der Waals surface area contributed by atoms with Gasteiger partial charge in [-0.2, -0.15) is 8.78 Å². The topological polar surface area (TPSA) is 94.5 Å². The molecule has 0 aromatic heterocycles. The number of aliphatic carboxylic acids is 1. The van der Waals surface area contributed by atoms with Gasteiger partial charge in [0.25, 0.3) is 5.79 Å². The smallest absolute Gasteiger partial charge is 0.397 e. The number of benzene rings is 3. The highest BCUT2D eigenvalue weighted by Gasteiger charge is 2.72. The van der Waals surface area contributed by atoms with Crippen molar-refractivity contribution in [3.63, 3.8) is 0 Å². The van der Waals surface area contributed by atoms with Crippen LogP contribution in [-0.4, -0.2) is 52.8 Å². The van der Waals surface area contributed by atoms with Crippen molar-refractivity contribution >= 4 is 5.97 Å². The normalized spacial score (nSPS) is 23.7. The minimum atomic E-state index is -4.70. The van der Waals surface area contributed by atoms with Crippen molar-refractivity contribution in [2.45, 2.75) is 49.8 Å². The zero-order valence-electron chi connectivity index (χ0n) is 19.9. The second-order valence-corrected chi connectivity index (χ2v) is 8.71. The van der Waals surface area contributed by atoms with Gasteiger partial charge in [0.2, 0.25) is 0 Å². The summed E-state index contributed by atoms with van der Waals surface area (Å²) in [6.07, 6.45) is -4.36. The van der Waals surface area contributed by atoms with E-state index in [0.717, 1.165) is 11.1 Å². The van der Waals surface area contributed by atoms with Crippen molar-refractivity contribution in [3.05, 3.63) is 108 Å². The van der Waals surface area contributed by atoms with Gasteiger partial charge in [0.05, 0.1) is 26.4 Å². The zero-order chi connectivity index (χ0) is 26.3. The van der Waals surface area contributed by atoms with Crippen LogP contribution in [0.4, 0.5) is 8.78 Å². The molecule has 4 atom stereocenters. The lowest BCUT2D eigenvalue weighted by Gasteiger charge is -2.34. The number of hydrogen-bond acceptors (Lipinski definition) is 6. The largest absolute Gasteiger partial charge is 0.477 e. The molecule has 1 heterocycles. The van der Waals surface area contributed by atoms with Crippen LogP contribution in [0.3, 0.4) is 0 Å². The molecule has 7 nitrogen and oxygen atoms in total. The van der Waals surface area contributed by atoms with E-state index >= 15 is 0 Å². The molecule has 4 rings (SSSR count). The van der Waals surface area contributed by atoms with E-state index in [-0.39, 0.29) is 26.4 Å². The van der Waals surface area contributed by atoms with E-state index in [2.05, 4.69) is 0 Å². The number of alkyl halides is 2. The maximum Gasteiger partial charge on any atom is 0.397 e. The van der Waals surface area contributed by atoms with Crippen LogP contribution in [0, 0.1) is 0 Å². The van der Waals surface area contributed by atoms with Crippen molar-refractivity contribution in [1.29, 1.82) is 0 Å². The van der Waals surface area contributed by atoms with Gasteiger partial charge in [-0.1, -0.05) is 91.0 Å². The molecular formula is C28H28F2O7. The summed E-state index contributed by atoms with van der Waals surface area (Å²) >= 11 is 0. The van der Waals surface area contributed by atoms with Gasteiger partial charge in [0.15, 0.2) is 0 Å². The Bertz CT molecular complexity index is 1130. The predicted octanol–water partition coefficient (Wildman–Crippen LogP) is 4.18. The lowest BCUT2D eigenvalue weighted by Crippen LogP contribution is -2.61. The Kier molecular flexibility index (Phi) is 8.63. The Morgan fingerprint density at radius 2 is 1.27 bits per heavy atom. The number of ether oxygens (including phenoxy) is 4. The monoisotopic (exact) mass is 514 g/mol. The van der Waals surface area contributed by atoms with E-state index in [1.54, 1.807) is 54.6 Å². The number of carbonyl (C=O) groups is 1. The summed E-state index contributed by atoms with van der Waals surface area (Å²) in [4.78, 5) is 11.5. The molecule has 0 radical (unpaired) electrons. The van der Waals surface area contributed by atoms with Crippen molar-refractivity contribution in [3.8, 4) is 0 Å². The zero-order valence-corrected chi connectivity index (χ0v) is 19.9. The molecule has 3 aromatic rings. The summed E-state index contributed by atoms with van der Waals surface area (Å²) in [7, 11) is 0. The van der Waals surface area contributed by atoms with Crippen molar-refractivity contribution < 1.29 is 42.7 Å². The summed E-state index contributed by atoms with van der Waals surface area (Å²) in [6.45, 7) is -0.299. The van der Waals surface area contributed by atoms with E-state index in [1.165, 1.54) is 0 Å². The number of carboxylic acid groups (broad SMARTS) is 1. The van der Waals surface area contributed by atoms with Gasteiger partial charge in [-0.05, 0) is 16.7 Å². The minimum Gasteiger partial charge on any atom is -0.477 e. The van der Waals surface area contributed by atoms with E-state index in [4.69, 9.17) is 18.9 Å². The Morgan fingerprint density at radius 1 is 0.811 bits per heavy atom. The average Bonchev–Trinajstić information content (AvgIpc) is 3.19. The summed E-state index contributed by atoms with van der Waals surface area (Å²) in [5.74, 6) is -10.7. The van der Waals surface area contributed by atoms with E-state index in [0.29, 0.717) is 5.56 Å². The number of halogens is 2. The van der Waals surface area contributed by atoms with E-state index in [9.17, 15) is 23.8 Å². The van der Waals surface area contributed by atoms with Crippen LogP contribution < -0.4 is 0 Å². The van der Waals surface area contributed by atoms with Crippen LogP contribution in [0.15, 0.2) is 91.0 Å². The van der Waals surface area contributed by atoms with Crippen LogP contribution >= 0.6 is 0 Å². The number of hydrogen-bond donors (Lipinski definition) is 2. The minimum absolute atomic E-state index is 0.00995. The van der Waals surface area contributed by atoms with Crippen molar-refractivity contribution in [1.82, 2.24) is 0 Å². The fourth-order valence-corrected chi connectivity index (χ4v) is 4.11. The van der Waals surface area contributed by atoms with Crippen LogP contribution in [0.25, 0.3) is 0 Å². The van der Waals surface area contributed by atoms with Gasteiger partial charge in [-0.3, -0.25) is 0 Å². The summed E-state index contributed by atoms with van der Waals surface area (Å²) in [5.41, 5.74) is 2.22. The first kappa shape index (κ1) is 26.8. The molecule has 1 aliphatic heterocycles. The summed E-state index contributed by atoms with van der Waals surface area (Å²) < 4.78 is 52.7. The SMILES string of the molecule is O=C(O)C(F)(F)C1(O)O[C@H](COCc2ccccc2)[C@@H](OCc2ccccc2)[C@@H]1OCc1ccccc1. The van der Waals surface area contributed by atoms with Crippen molar-refractivity contribution in [2.75, 3.05) is 6.61 Å². The second-order valence-electron chi connectivity index (χ2n) is 8.71. The van der Waals surface area contributed by atoms with Gasteiger partial charge >= 0.3 is 11.9 Å². The molecule has 2 N–H and O–H groups in total. The Hall–Kier alpha value is -3.21. The third-order valence-corrected chi connectivity index (χ3v) is 6.05. The molecule has 1 unspecified atom stereocenters. The average molecular weight is 515 g/mol. The molecule has 37 heavy (non-hydrogen) atoms. The summed E-state index contributed by atoms with van der Waals surface area (Å²) in [6, 6.07) is 26.8. The van der Waals surface area contributed by atoms with Crippen LogP contribution in [0.2, 0.25) is 0 Å². The lowest BCUT2D eigenvalue weighted by molar-refractivity contribution is -0.333. The summed E-state index contributed by atoms with van der Waals surface area (Å²) in [5, 5.41) is 20.3. The van der Waals surface area contributed by atoms with Crippen LogP contribution in [0.5, 0.6) is 0 Å². The molecule has 196 valence electrons. The van der Waals surface area contributed by atoms with Gasteiger partial charge < -0.3 is 29.2 Å². The lowest BCUT2D eigenvalue weighted by atomic mass is 9.98. The molecule has 0 bridgehead atoms. The fourth-order valence-electron chi connectivity index (χ4n) is 4.11. The first-order valence-electron chi connectivity index (χ1n) is 11.8. The molecule has 1 fully saturated rings. The fraction of sp³-hybridized carbons (Fsp3) is 0.321. The molecule has 9 heteroatoms. The molecule has 3 aromatic carbocycles. The molecule has 0 amide bonds. The number of carboxylic acids is 1. The Balaban J connectivity index is 1.60. The van der Waals surface area contributed by atoms with Gasteiger partial charge in [0, 0.05) is 0 Å². The molecule has 1 saturated heterocycles. The maximum atomic E-state index is 15.0. The Labute approximate surface area is 213 Å². The second kappa shape index (κ2) is 11.9. The third-order valence-electron chi connectivity index (χ3n) is 6.05. The molecule has 0 spiro atoms.